The molecule has 0 saturated heterocycles. The van der Waals surface area contributed by atoms with Crippen LogP contribution in [0.1, 0.15) is 120 Å². The minimum absolute atomic E-state index is 0.0645. The van der Waals surface area contributed by atoms with Crippen molar-refractivity contribution in [3.05, 3.63) is 11.6 Å². The molecule has 0 aliphatic heterocycles. The number of aliphatic hydroxyl groups excluding tert-OH is 1. The van der Waals surface area contributed by atoms with Gasteiger partial charge in [-0.05, 0) is 0 Å². The molecule has 9 atom stereocenters. The number of aliphatic hydroxyl groups is 1. The predicted octanol–water partition coefficient (Wildman–Crippen LogP) is 7.45. The third-order valence-electron chi connectivity index (χ3n) is 10.9. The van der Waals surface area contributed by atoms with Gasteiger partial charge in [-0.3, -0.25) is 0 Å². The Labute approximate surface area is 223 Å². The van der Waals surface area contributed by atoms with Gasteiger partial charge in [0.05, 0.1) is 0 Å². The van der Waals surface area contributed by atoms with E-state index >= 15 is 0 Å². The Bertz CT molecular complexity index is 828. The molecule has 0 bridgehead atoms. The first-order valence-corrected chi connectivity index (χ1v) is 15.1. The minimum atomic E-state index is -0.383. The monoisotopic (exact) mass is 497 g/mol. The molecule has 203 valence electrons. The third kappa shape index (κ3) is 5.50. The summed E-state index contributed by atoms with van der Waals surface area (Å²) >= 11 is 0. The summed E-state index contributed by atoms with van der Waals surface area (Å²) in [4.78, 5) is 0. The van der Waals surface area contributed by atoms with Crippen LogP contribution in [0.25, 0.3) is 0 Å². The molecule has 1 radical (unpaired) electrons. The Balaban J connectivity index is 1.61. The van der Waals surface area contributed by atoms with E-state index in [4.69, 9.17) is 17.0 Å². The zero-order valence-electron chi connectivity index (χ0n) is 24.6. The zero-order valence-corrected chi connectivity index (χ0v) is 24.6. The van der Waals surface area contributed by atoms with E-state index in [1.165, 1.54) is 50.5 Å². The molecule has 4 aliphatic rings. The maximum absolute atomic E-state index is 10.5. The van der Waals surface area contributed by atoms with Crippen molar-refractivity contribution in [2.75, 3.05) is 0 Å². The second kappa shape index (κ2) is 10.4. The summed E-state index contributed by atoms with van der Waals surface area (Å²) in [7, 11) is 6.36. The van der Waals surface area contributed by atoms with Crippen LogP contribution in [-0.4, -0.2) is 36.2 Å². The molecule has 9 unspecified atom stereocenters. The Morgan fingerprint density at radius 1 is 1.06 bits per heavy atom. The van der Waals surface area contributed by atoms with Crippen LogP contribution in [0.5, 0.6) is 0 Å². The first-order chi connectivity index (χ1) is 16.7. The van der Waals surface area contributed by atoms with Crippen molar-refractivity contribution >= 4 is 13.3 Å². The number of ether oxygens (including phenoxy) is 2. The van der Waals surface area contributed by atoms with Gasteiger partial charge >= 0.3 is 209 Å². The van der Waals surface area contributed by atoms with Crippen molar-refractivity contribution in [2.24, 2.45) is 46.3 Å². The summed E-state index contributed by atoms with van der Waals surface area (Å²) in [6, 6.07) is 0. The van der Waals surface area contributed by atoms with Gasteiger partial charge in [-0.15, -0.1) is 0 Å². The predicted molar refractivity (Wildman–Crippen MR) is 151 cm³/mol. The van der Waals surface area contributed by atoms with Gasteiger partial charge < -0.3 is 0 Å². The number of hydrogen-bond donors (Lipinski definition) is 1. The quantitative estimate of drug-likeness (QED) is 0.280. The normalized spacial score (nSPS) is 41.1. The Morgan fingerprint density at radius 3 is 2.44 bits per heavy atom. The average Bonchev–Trinajstić information content (AvgIpc) is 3.10. The number of fused-ring (bicyclic) bond motifs is 5. The van der Waals surface area contributed by atoms with E-state index in [0.29, 0.717) is 23.2 Å². The van der Waals surface area contributed by atoms with Crippen LogP contribution >= 0.6 is 0 Å². The summed E-state index contributed by atoms with van der Waals surface area (Å²) < 4.78 is 12.5. The second-order valence-corrected chi connectivity index (χ2v) is 14.9. The molecule has 0 aromatic carbocycles. The first kappa shape index (κ1) is 28.2. The van der Waals surface area contributed by atoms with Crippen molar-refractivity contribution in [1.82, 2.24) is 0 Å². The van der Waals surface area contributed by atoms with Gasteiger partial charge in [0.25, 0.3) is 0 Å². The van der Waals surface area contributed by atoms with E-state index in [0.717, 1.165) is 37.0 Å². The molecular weight excluding hydrogens is 443 g/mol. The zero-order chi connectivity index (χ0) is 26.5. The molecule has 3 fully saturated rings. The molecule has 4 rings (SSSR count). The van der Waals surface area contributed by atoms with Crippen LogP contribution in [0.15, 0.2) is 11.6 Å². The van der Waals surface area contributed by atoms with Crippen molar-refractivity contribution in [1.29, 1.82) is 0 Å². The van der Waals surface area contributed by atoms with Crippen LogP contribution in [0.4, 0.5) is 0 Å². The molecule has 1 N–H and O–H groups in total. The van der Waals surface area contributed by atoms with Crippen molar-refractivity contribution in [3.8, 4) is 0 Å². The Hall–Kier alpha value is -0.765. The Kier molecular flexibility index (Phi) is 8.18. The molecule has 4 heteroatoms. The SMILES string of the molecule is [B]=C(OC1C=C2CC(O)CCC2(C)C2CCC3(C)C(C(C)CCCC(C)C)CCC3C12)OC(C)(C)C. The number of rotatable bonds is 8. The molecule has 4 aliphatic carbocycles. The van der Waals surface area contributed by atoms with Crippen LogP contribution in [0, 0.1) is 46.3 Å². The summed E-state index contributed by atoms with van der Waals surface area (Å²) in [6.07, 6.45) is 14.2. The second-order valence-electron chi connectivity index (χ2n) is 14.9. The van der Waals surface area contributed by atoms with Crippen LogP contribution in [-0.2, 0) is 9.47 Å². The van der Waals surface area contributed by atoms with Crippen molar-refractivity contribution < 1.29 is 14.6 Å². The fourth-order valence-corrected chi connectivity index (χ4v) is 9.20. The van der Waals surface area contributed by atoms with E-state index in [1.54, 1.807) is 0 Å². The maximum atomic E-state index is 10.5. The summed E-state index contributed by atoms with van der Waals surface area (Å²) in [5.74, 6) is 4.29. The number of hydrogen-bond acceptors (Lipinski definition) is 3. The van der Waals surface area contributed by atoms with Crippen LogP contribution < -0.4 is 0 Å². The van der Waals surface area contributed by atoms with Gasteiger partial charge in [0.1, 0.15) is 0 Å². The summed E-state index contributed by atoms with van der Waals surface area (Å²) in [6.45, 7) is 18.4. The van der Waals surface area contributed by atoms with Gasteiger partial charge in [0, 0.05) is 0 Å². The summed E-state index contributed by atoms with van der Waals surface area (Å²) in [5, 5.41) is 10.5. The molecule has 3 nitrogen and oxygen atoms in total. The van der Waals surface area contributed by atoms with Crippen LogP contribution in [0.2, 0.25) is 0 Å². The molecule has 0 heterocycles. The van der Waals surface area contributed by atoms with E-state index in [9.17, 15) is 5.11 Å². The molecule has 3 saturated carbocycles. The van der Waals surface area contributed by atoms with Crippen molar-refractivity contribution in [2.45, 2.75) is 137 Å². The molecule has 0 aromatic rings. The average molecular weight is 498 g/mol. The van der Waals surface area contributed by atoms with E-state index in [-0.39, 0.29) is 29.1 Å². The first-order valence-electron chi connectivity index (χ1n) is 15.1. The van der Waals surface area contributed by atoms with Gasteiger partial charge in [-0.25, -0.2) is 0 Å². The van der Waals surface area contributed by atoms with Crippen molar-refractivity contribution in [3.63, 3.8) is 0 Å². The summed E-state index contributed by atoms with van der Waals surface area (Å²) in [5.41, 5.74) is 1.56. The van der Waals surface area contributed by atoms with Crippen LogP contribution in [0.3, 0.4) is 0 Å². The third-order valence-corrected chi connectivity index (χ3v) is 10.9. The van der Waals surface area contributed by atoms with Gasteiger partial charge in [0.2, 0.25) is 0 Å². The van der Waals surface area contributed by atoms with Gasteiger partial charge in [0.15, 0.2) is 0 Å². The molecule has 0 spiro atoms. The van der Waals surface area contributed by atoms with Gasteiger partial charge in [-0.1, -0.05) is 13.8 Å². The molecule has 0 amide bonds. The molecular formula is C32H54BO3. The van der Waals surface area contributed by atoms with E-state index < -0.39 is 0 Å². The van der Waals surface area contributed by atoms with E-state index in [2.05, 4.69) is 40.7 Å². The molecule has 0 aromatic heterocycles. The van der Waals surface area contributed by atoms with E-state index in [1.807, 2.05) is 20.8 Å². The topological polar surface area (TPSA) is 38.7 Å². The molecule has 36 heavy (non-hydrogen) atoms. The Morgan fingerprint density at radius 2 is 1.78 bits per heavy atom. The fourth-order valence-electron chi connectivity index (χ4n) is 9.20. The fraction of sp³-hybridized carbons (Fsp3) is 0.906. The standard InChI is InChI=1S/C32H54BO3/c1-20(2)10-9-11-21(3)24-12-13-25-28-26(15-17-32(24,25)8)31(7)16-14-23(34)18-22(31)19-27(28)35-29(33)36-30(4,5)6/h19-21,23-28,34H,9-18H2,1-8H3. The van der Waals surface area contributed by atoms with Gasteiger partial charge in [-0.2, -0.15) is 0 Å².